The van der Waals surface area contributed by atoms with Crippen LogP contribution in [0.2, 0.25) is 0 Å². The summed E-state index contributed by atoms with van der Waals surface area (Å²) in [6, 6.07) is 67.5. The lowest BCUT2D eigenvalue weighted by molar-refractivity contribution is 0.669. The fourth-order valence-electron chi connectivity index (χ4n) is 7.90. The Hall–Kier alpha value is -7.63. The lowest BCUT2D eigenvalue weighted by Gasteiger charge is -2.10. The summed E-state index contributed by atoms with van der Waals surface area (Å²) in [6.45, 7) is 0. The predicted molar refractivity (Wildman–Crippen MR) is 229 cm³/mol. The van der Waals surface area contributed by atoms with E-state index in [1.807, 2.05) is 36.4 Å². The highest BCUT2D eigenvalue weighted by molar-refractivity contribution is 6.17. The fourth-order valence-corrected chi connectivity index (χ4v) is 7.90. The molecule has 0 aliphatic carbocycles. The number of aromatic nitrogens is 4. The summed E-state index contributed by atoms with van der Waals surface area (Å²) >= 11 is 0. The maximum absolute atomic E-state index is 6.70. The summed E-state index contributed by atoms with van der Waals surface area (Å²) in [5.74, 6) is 1.82. The molecule has 0 radical (unpaired) electrons. The summed E-state index contributed by atoms with van der Waals surface area (Å²) < 4.78 is 9.05. The van der Waals surface area contributed by atoms with Gasteiger partial charge in [-0.05, 0) is 58.7 Å². The highest BCUT2D eigenvalue weighted by atomic mass is 16.3. The molecule has 0 bridgehead atoms. The summed E-state index contributed by atoms with van der Waals surface area (Å²) in [5.41, 5.74) is 12.3. The standard InChI is InChI=1S/C51H32N4O/c1-4-13-33(14-5-1)35-23-25-37(26-24-35)50-52-49(36-17-8-3-9-18-36)53-51(54-50)39-27-28-42-44-31-43-41-21-10-11-22-45(41)55(46(43)32-48(44)56-47(42)30-39)40-20-12-19-38(29-40)34-15-6-2-7-16-34/h1-32H. The molecule has 8 aromatic carbocycles. The number of furan rings is 1. The highest BCUT2D eigenvalue weighted by Crippen LogP contribution is 2.40. The molecule has 0 amide bonds. The van der Waals surface area contributed by atoms with Crippen molar-refractivity contribution in [2.75, 3.05) is 0 Å². The Morgan fingerprint density at radius 1 is 0.304 bits per heavy atom. The van der Waals surface area contributed by atoms with Gasteiger partial charge < -0.3 is 8.98 Å². The molecule has 3 heterocycles. The molecule has 262 valence electrons. The average molecular weight is 717 g/mol. The van der Waals surface area contributed by atoms with Crippen LogP contribution in [-0.4, -0.2) is 19.5 Å². The van der Waals surface area contributed by atoms with Crippen molar-refractivity contribution in [3.8, 4) is 62.1 Å². The van der Waals surface area contributed by atoms with E-state index in [4.69, 9.17) is 19.4 Å². The van der Waals surface area contributed by atoms with Crippen molar-refractivity contribution in [2.24, 2.45) is 0 Å². The molecule has 0 saturated heterocycles. The Morgan fingerprint density at radius 2 is 0.821 bits per heavy atom. The van der Waals surface area contributed by atoms with Crippen LogP contribution in [-0.2, 0) is 0 Å². The maximum Gasteiger partial charge on any atom is 0.164 e. The third kappa shape index (κ3) is 5.45. The van der Waals surface area contributed by atoms with Gasteiger partial charge >= 0.3 is 0 Å². The third-order valence-electron chi connectivity index (χ3n) is 10.7. The van der Waals surface area contributed by atoms with Gasteiger partial charge in [-0.2, -0.15) is 0 Å². The molecule has 0 N–H and O–H groups in total. The predicted octanol–water partition coefficient (Wildman–Crippen LogP) is 13.2. The molecule has 0 aliphatic heterocycles. The van der Waals surface area contributed by atoms with Crippen LogP contribution in [0.4, 0.5) is 0 Å². The number of hydrogen-bond acceptors (Lipinski definition) is 4. The van der Waals surface area contributed by atoms with E-state index in [2.05, 4.69) is 162 Å². The minimum Gasteiger partial charge on any atom is -0.456 e. The Labute approximate surface area is 322 Å². The molecule has 0 fully saturated rings. The van der Waals surface area contributed by atoms with E-state index in [1.165, 1.54) is 27.5 Å². The molecule has 0 saturated carbocycles. The van der Waals surface area contributed by atoms with Gasteiger partial charge in [-0.3, -0.25) is 0 Å². The van der Waals surface area contributed by atoms with E-state index in [0.29, 0.717) is 17.5 Å². The van der Waals surface area contributed by atoms with E-state index in [1.54, 1.807) is 0 Å². The second-order valence-electron chi connectivity index (χ2n) is 14.1. The lowest BCUT2D eigenvalue weighted by atomic mass is 10.0. The molecule has 0 unspecified atom stereocenters. The SMILES string of the molecule is c1ccc(-c2ccc(-c3nc(-c4ccccc4)nc(-c4ccc5c(c4)oc4cc6c(cc45)c4ccccc4n6-c4cccc(-c5ccccc5)c4)n3)cc2)cc1. The molecule has 3 aromatic heterocycles. The summed E-state index contributed by atoms with van der Waals surface area (Å²) in [5, 5.41) is 4.49. The van der Waals surface area contributed by atoms with Gasteiger partial charge in [0.15, 0.2) is 17.5 Å². The van der Waals surface area contributed by atoms with Gasteiger partial charge in [-0.15, -0.1) is 0 Å². The zero-order chi connectivity index (χ0) is 37.0. The van der Waals surface area contributed by atoms with E-state index >= 15 is 0 Å². The molecule has 5 nitrogen and oxygen atoms in total. The number of nitrogens with zero attached hydrogens (tertiary/aromatic N) is 4. The monoisotopic (exact) mass is 716 g/mol. The Kier molecular flexibility index (Phi) is 7.42. The largest absolute Gasteiger partial charge is 0.456 e. The quantitative estimate of drug-likeness (QED) is 0.172. The van der Waals surface area contributed by atoms with Crippen molar-refractivity contribution in [2.45, 2.75) is 0 Å². The van der Waals surface area contributed by atoms with Gasteiger partial charge in [0.25, 0.3) is 0 Å². The van der Waals surface area contributed by atoms with E-state index < -0.39 is 0 Å². The second kappa shape index (κ2) is 13.0. The molecular formula is C51H32N4O. The van der Waals surface area contributed by atoms with Crippen LogP contribution in [0.15, 0.2) is 199 Å². The number of rotatable bonds is 6. The van der Waals surface area contributed by atoms with Crippen molar-refractivity contribution in [1.82, 2.24) is 19.5 Å². The van der Waals surface area contributed by atoms with Crippen molar-refractivity contribution in [1.29, 1.82) is 0 Å². The minimum atomic E-state index is 0.587. The first-order chi connectivity index (χ1) is 27.7. The first-order valence-electron chi connectivity index (χ1n) is 18.8. The van der Waals surface area contributed by atoms with Crippen molar-refractivity contribution < 1.29 is 4.42 Å². The van der Waals surface area contributed by atoms with Crippen LogP contribution < -0.4 is 0 Å². The van der Waals surface area contributed by atoms with E-state index in [0.717, 1.165) is 60.9 Å². The number of para-hydroxylation sites is 1. The highest BCUT2D eigenvalue weighted by Gasteiger charge is 2.19. The Morgan fingerprint density at radius 3 is 1.54 bits per heavy atom. The zero-order valence-electron chi connectivity index (χ0n) is 30.2. The van der Waals surface area contributed by atoms with Gasteiger partial charge in [0.05, 0.1) is 11.0 Å². The zero-order valence-corrected chi connectivity index (χ0v) is 30.2. The van der Waals surface area contributed by atoms with Crippen LogP contribution in [0.5, 0.6) is 0 Å². The van der Waals surface area contributed by atoms with Crippen molar-refractivity contribution >= 4 is 43.7 Å². The van der Waals surface area contributed by atoms with Gasteiger partial charge in [0.2, 0.25) is 0 Å². The number of hydrogen-bond donors (Lipinski definition) is 0. The summed E-state index contributed by atoms with van der Waals surface area (Å²) in [7, 11) is 0. The summed E-state index contributed by atoms with van der Waals surface area (Å²) in [4.78, 5) is 15.0. The van der Waals surface area contributed by atoms with E-state index in [-0.39, 0.29) is 0 Å². The molecule has 56 heavy (non-hydrogen) atoms. The smallest absolute Gasteiger partial charge is 0.164 e. The molecular weight excluding hydrogens is 685 g/mol. The van der Waals surface area contributed by atoms with Gasteiger partial charge in [-0.25, -0.2) is 15.0 Å². The van der Waals surface area contributed by atoms with Gasteiger partial charge in [-0.1, -0.05) is 152 Å². The first kappa shape index (κ1) is 31.9. The normalized spacial score (nSPS) is 11.6. The molecule has 0 spiro atoms. The van der Waals surface area contributed by atoms with Gasteiger partial charge in [0.1, 0.15) is 11.2 Å². The maximum atomic E-state index is 6.70. The first-order valence-corrected chi connectivity index (χ1v) is 18.8. The Bertz CT molecular complexity index is 3220. The Balaban J connectivity index is 1.04. The van der Waals surface area contributed by atoms with Crippen molar-refractivity contribution in [3.63, 3.8) is 0 Å². The van der Waals surface area contributed by atoms with Crippen LogP contribution in [0.1, 0.15) is 0 Å². The van der Waals surface area contributed by atoms with E-state index in [9.17, 15) is 0 Å². The van der Waals surface area contributed by atoms with Crippen LogP contribution in [0.25, 0.3) is 106 Å². The van der Waals surface area contributed by atoms with Crippen LogP contribution in [0, 0.1) is 0 Å². The minimum absolute atomic E-state index is 0.587. The summed E-state index contributed by atoms with van der Waals surface area (Å²) in [6.07, 6.45) is 0. The van der Waals surface area contributed by atoms with Crippen LogP contribution in [0.3, 0.4) is 0 Å². The average Bonchev–Trinajstić information content (AvgIpc) is 3.80. The molecule has 5 heteroatoms. The van der Waals surface area contributed by atoms with Crippen molar-refractivity contribution in [3.05, 3.63) is 194 Å². The molecule has 11 aromatic rings. The number of fused-ring (bicyclic) bond motifs is 6. The molecule has 11 rings (SSSR count). The topological polar surface area (TPSA) is 56.7 Å². The van der Waals surface area contributed by atoms with Crippen LogP contribution >= 0.6 is 0 Å². The second-order valence-corrected chi connectivity index (χ2v) is 14.1. The number of benzene rings is 8. The fraction of sp³-hybridized carbons (Fsp3) is 0. The molecule has 0 aliphatic rings. The molecule has 0 atom stereocenters. The van der Waals surface area contributed by atoms with Gasteiger partial charge in [0, 0.05) is 50.0 Å². The third-order valence-corrected chi connectivity index (χ3v) is 10.7. The lowest BCUT2D eigenvalue weighted by Crippen LogP contribution is -2.00.